The summed E-state index contributed by atoms with van der Waals surface area (Å²) in [5, 5.41) is 9.96. The standard InChI is InChI=1S/C18H11ClN2O5S/c19-12-3-6-16-14(7-12)15(18(22)23)9-21(16)27(24,25)13-4-1-11(2-5-13)17-8-20-10-26-17/h1-10H,(H,22,23). The molecular weight excluding hydrogens is 392 g/mol. The molecule has 0 aliphatic carbocycles. The Kier molecular flexibility index (Phi) is 4.01. The quantitative estimate of drug-likeness (QED) is 0.555. The molecule has 2 heterocycles. The van der Waals surface area contributed by atoms with Gasteiger partial charge in [-0.3, -0.25) is 0 Å². The Morgan fingerprint density at radius 3 is 2.52 bits per heavy atom. The van der Waals surface area contributed by atoms with Crippen molar-refractivity contribution in [2.75, 3.05) is 0 Å². The summed E-state index contributed by atoms with van der Waals surface area (Å²) in [4.78, 5) is 15.3. The van der Waals surface area contributed by atoms with E-state index >= 15 is 0 Å². The largest absolute Gasteiger partial charge is 0.478 e. The van der Waals surface area contributed by atoms with Crippen molar-refractivity contribution >= 4 is 38.5 Å². The summed E-state index contributed by atoms with van der Waals surface area (Å²) in [5.41, 5.74) is 0.757. The Balaban J connectivity index is 1.86. The molecule has 2 aromatic heterocycles. The van der Waals surface area contributed by atoms with Crippen molar-refractivity contribution < 1.29 is 22.7 Å². The lowest BCUT2D eigenvalue weighted by Crippen LogP contribution is -2.12. The number of carboxylic acids is 1. The van der Waals surface area contributed by atoms with Crippen molar-refractivity contribution in [3.8, 4) is 11.3 Å². The van der Waals surface area contributed by atoms with Crippen LogP contribution in [0, 0.1) is 0 Å². The van der Waals surface area contributed by atoms with Crippen LogP contribution >= 0.6 is 11.6 Å². The Morgan fingerprint density at radius 1 is 1.15 bits per heavy atom. The Bertz CT molecular complexity index is 1260. The fourth-order valence-corrected chi connectivity index (χ4v) is 4.35. The first-order chi connectivity index (χ1) is 12.9. The molecule has 0 saturated carbocycles. The van der Waals surface area contributed by atoms with E-state index in [0.29, 0.717) is 16.3 Å². The molecule has 0 saturated heterocycles. The topological polar surface area (TPSA) is 102 Å². The number of benzene rings is 2. The van der Waals surface area contributed by atoms with Gasteiger partial charge in [-0.1, -0.05) is 11.6 Å². The second-order valence-corrected chi connectivity index (χ2v) is 7.95. The zero-order chi connectivity index (χ0) is 19.2. The van der Waals surface area contributed by atoms with Crippen molar-refractivity contribution in [2.45, 2.75) is 4.90 Å². The zero-order valence-corrected chi connectivity index (χ0v) is 15.1. The number of aromatic nitrogens is 2. The van der Waals surface area contributed by atoms with Gasteiger partial charge in [-0.2, -0.15) is 0 Å². The normalized spacial score (nSPS) is 11.7. The van der Waals surface area contributed by atoms with Gasteiger partial charge in [-0.05, 0) is 42.5 Å². The number of aromatic carboxylic acids is 1. The maximum atomic E-state index is 13.1. The van der Waals surface area contributed by atoms with Crippen LogP contribution in [0.25, 0.3) is 22.2 Å². The van der Waals surface area contributed by atoms with Crippen LogP contribution in [0.5, 0.6) is 0 Å². The van der Waals surface area contributed by atoms with E-state index in [2.05, 4.69) is 4.98 Å². The Labute approximate surface area is 158 Å². The first-order valence-electron chi connectivity index (χ1n) is 7.66. The molecule has 4 rings (SSSR count). The number of carboxylic acid groups (broad SMARTS) is 1. The van der Waals surface area contributed by atoms with Crippen LogP contribution in [-0.2, 0) is 10.0 Å². The summed E-state index contributed by atoms with van der Waals surface area (Å²) in [6.07, 6.45) is 3.89. The van der Waals surface area contributed by atoms with Crippen molar-refractivity contribution in [2.24, 2.45) is 0 Å². The van der Waals surface area contributed by atoms with Crippen LogP contribution in [0.3, 0.4) is 0 Å². The molecule has 0 atom stereocenters. The molecule has 0 spiro atoms. The lowest BCUT2D eigenvalue weighted by Gasteiger charge is -2.08. The highest BCUT2D eigenvalue weighted by molar-refractivity contribution is 7.90. The third-order valence-electron chi connectivity index (χ3n) is 4.09. The molecule has 0 amide bonds. The smallest absolute Gasteiger partial charge is 0.337 e. The van der Waals surface area contributed by atoms with Crippen LogP contribution in [0.15, 0.2) is 70.6 Å². The average Bonchev–Trinajstić information content (AvgIpc) is 3.29. The molecule has 4 aromatic rings. The lowest BCUT2D eigenvalue weighted by atomic mass is 10.2. The van der Waals surface area contributed by atoms with E-state index in [1.807, 2.05) is 0 Å². The molecule has 0 radical (unpaired) electrons. The number of hydrogen-bond acceptors (Lipinski definition) is 5. The number of nitrogens with zero attached hydrogens (tertiary/aromatic N) is 2. The van der Waals surface area contributed by atoms with Gasteiger partial charge in [0.1, 0.15) is 0 Å². The van der Waals surface area contributed by atoms with Crippen LogP contribution in [0.2, 0.25) is 5.02 Å². The minimum atomic E-state index is -4.01. The van der Waals surface area contributed by atoms with Crippen molar-refractivity contribution in [3.05, 3.63) is 71.8 Å². The average molecular weight is 403 g/mol. The number of halogens is 1. The van der Waals surface area contributed by atoms with E-state index in [4.69, 9.17) is 16.0 Å². The summed E-state index contributed by atoms with van der Waals surface area (Å²) in [6, 6.07) is 10.4. The van der Waals surface area contributed by atoms with E-state index in [9.17, 15) is 18.3 Å². The second kappa shape index (κ2) is 6.26. The van der Waals surface area contributed by atoms with Gasteiger partial charge in [0, 0.05) is 22.2 Å². The predicted molar refractivity (Wildman–Crippen MR) is 98.4 cm³/mol. The second-order valence-electron chi connectivity index (χ2n) is 5.70. The van der Waals surface area contributed by atoms with Gasteiger partial charge in [-0.25, -0.2) is 22.2 Å². The maximum Gasteiger partial charge on any atom is 0.337 e. The van der Waals surface area contributed by atoms with Gasteiger partial charge in [0.25, 0.3) is 10.0 Å². The summed E-state index contributed by atoms with van der Waals surface area (Å²) < 4.78 is 32.3. The highest BCUT2D eigenvalue weighted by atomic mass is 35.5. The zero-order valence-electron chi connectivity index (χ0n) is 13.5. The van der Waals surface area contributed by atoms with Gasteiger partial charge >= 0.3 is 5.97 Å². The van der Waals surface area contributed by atoms with Crippen molar-refractivity contribution in [3.63, 3.8) is 0 Å². The molecule has 9 heteroatoms. The summed E-state index contributed by atoms with van der Waals surface area (Å²) >= 11 is 5.94. The summed E-state index contributed by atoms with van der Waals surface area (Å²) in [5.74, 6) is -0.731. The van der Waals surface area contributed by atoms with Crippen LogP contribution in [0.4, 0.5) is 0 Å². The number of carbonyl (C=O) groups is 1. The predicted octanol–water partition coefficient (Wildman–Crippen LogP) is 3.88. The van der Waals surface area contributed by atoms with Gasteiger partial charge in [0.15, 0.2) is 12.2 Å². The molecule has 0 unspecified atom stereocenters. The van der Waals surface area contributed by atoms with E-state index in [0.717, 1.165) is 10.2 Å². The van der Waals surface area contributed by atoms with Crippen LogP contribution in [0.1, 0.15) is 10.4 Å². The van der Waals surface area contributed by atoms with Gasteiger partial charge in [-0.15, -0.1) is 0 Å². The molecule has 0 aliphatic rings. The number of rotatable bonds is 4. The fraction of sp³-hybridized carbons (Fsp3) is 0. The maximum absolute atomic E-state index is 13.1. The molecule has 136 valence electrons. The van der Waals surface area contributed by atoms with Crippen LogP contribution < -0.4 is 0 Å². The minimum Gasteiger partial charge on any atom is -0.478 e. The Hall–Kier alpha value is -3.10. The molecule has 0 aliphatic heterocycles. The van der Waals surface area contributed by atoms with Crippen LogP contribution in [-0.4, -0.2) is 28.5 Å². The van der Waals surface area contributed by atoms with Crippen molar-refractivity contribution in [1.29, 1.82) is 0 Å². The van der Waals surface area contributed by atoms with E-state index in [1.165, 1.54) is 42.9 Å². The molecule has 1 N–H and O–H groups in total. The lowest BCUT2D eigenvalue weighted by molar-refractivity contribution is 0.0699. The highest BCUT2D eigenvalue weighted by Crippen LogP contribution is 2.29. The van der Waals surface area contributed by atoms with E-state index in [1.54, 1.807) is 12.1 Å². The fourth-order valence-electron chi connectivity index (χ4n) is 2.80. The first-order valence-corrected chi connectivity index (χ1v) is 9.48. The summed E-state index contributed by atoms with van der Waals surface area (Å²) in [6.45, 7) is 0. The molecule has 27 heavy (non-hydrogen) atoms. The highest BCUT2D eigenvalue weighted by Gasteiger charge is 2.24. The van der Waals surface area contributed by atoms with E-state index < -0.39 is 16.0 Å². The van der Waals surface area contributed by atoms with E-state index in [-0.39, 0.29) is 21.4 Å². The molecule has 0 fully saturated rings. The third-order valence-corrected chi connectivity index (χ3v) is 6.01. The number of oxazole rings is 1. The Morgan fingerprint density at radius 2 is 1.89 bits per heavy atom. The third kappa shape index (κ3) is 2.88. The molecular formula is C18H11ClN2O5S. The molecule has 7 nitrogen and oxygen atoms in total. The minimum absolute atomic E-state index is 0.00885. The number of hydrogen-bond donors (Lipinski definition) is 1. The van der Waals surface area contributed by atoms with Gasteiger partial charge < -0.3 is 9.52 Å². The monoisotopic (exact) mass is 402 g/mol. The molecule has 0 bridgehead atoms. The van der Waals surface area contributed by atoms with Gasteiger partial charge in [0.2, 0.25) is 0 Å². The molecule has 2 aromatic carbocycles. The summed E-state index contributed by atoms with van der Waals surface area (Å²) in [7, 11) is -4.01. The first kappa shape index (κ1) is 17.3. The van der Waals surface area contributed by atoms with Gasteiger partial charge in [0.05, 0.1) is 22.2 Å². The van der Waals surface area contributed by atoms with Crippen molar-refractivity contribution in [1.82, 2.24) is 8.96 Å². The number of fused-ring (bicyclic) bond motifs is 1. The SMILES string of the molecule is O=C(O)c1cn(S(=O)(=O)c2ccc(-c3cnco3)cc2)c2ccc(Cl)cc12.